The molecule has 1 aromatic carbocycles. The summed E-state index contributed by atoms with van der Waals surface area (Å²) < 4.78 is 44.8. The Morgan fingerprint density at radius 2 is 1.17 bits per heavy atom. The molecule has 5 rings (SSSR count). The Balaban J connectivity index is 1.16. The molecule has 1 saturated carbocycles. The number of rotatable bonds is 15. The molecule has 20 nitrogen and oxygen atoms in total. The van der Waals surface area contributed by atoms with E-state index in [9.17, 15) is 47.6 Å². The normalized spacial score (nSPS) is 20.9. The first-order valence-corrected chi connectivity index (χ1v) is 25.9. The molecule has 2 aliphatic heterocycles. The fourth-order valence-electron chi connectivity index (χ4n) is 9.24. The van der Waals surface area contributed by atoms with Gasteiger partial charge in [-0.25, -0.2) is 8.78 Å². The molecule has 3 N–H and O–H groups in total. The molecule has 22 heteroatoms. The first kappa shape index (κ1) is 60.0. The summed E-state index contributed by atoms with van der Waals surface area (Å²) in [6.07, 6.45) is 3.22. The van der Waals surface area contributed by atoms with Crippen molar-refractivity contribution in [3.63, 3.8) is 0 Å². The lowest BCUT2D eigenvalue weighted by molar-refractivity contribution is -0.158. The highest BCUT2D eigenvalue weighted by Crippen LogP contribution is 2.32. The van der Waals surface area contributed by atoms with Crippen molar-refractivity contribution in [2.45, 2.75) is 123 Å². The van der Waals surface area contributed by atoms with Crippen LogP contribution >= 0.6 is 0 Å². The summed E-state index contributed by atoms with van der Waals surface area (Å²) in [6, 6.07) is 6.82. The van der Waals surface area contributed by atoms with E-state index in [1.165, 1.54) is 12.3 Å². The minimum atomic E-state index is -3.19. The quantitative estimate of drug-likeness (QED) is 0.170. The third-order valence-electron chi connectivity index (χ3n) is 12.8. The van der Waals surface area contributed by atoms with E-state index in [2.05, 4.69) is 20.9 Å². The molecular formula is C53H78F2N10O10. The summed E-state index contributed by atoms with van der Waals surface area (Å²) in [5.74, 6) is -6.36. The second-order valence-corrected chi connectivity index (χ2v) is 22.9. The zero-order valence-corrected chi connectivity index (χ0v) is 45.2. The van der Waals surface area contributed by atoms with Crippen molar-refractivity contribution in [2.75, 3.05) is 103 Å². The molecule has 1 aliphatic carbocycles. The van der Waals surface area contributed by atoms with Gasteiger partial charge in [-0.2, -0.15) is 5.26 Å². The summed E-state index contributed by atoms with van der Waals surface area (Å²) in [4.78, 5) is 106. The number of pyridine rings is 1. The molecular weight excluding hydrogens is 975 g/mol. The SMILES string of the molecule is CC(C)(C)OC(=O)CN1CCN(CC(=O)NC[C@H]2CC[C@H](C(=O)Nc3ccc4nccc(C(=O)NCC(=O)N5CC(F)(F)C[C@H]5C#N)c4c3)CC2)CCN(CC(=O)OC(C)(C)C)CCN(CC(=O)OC(C)(C)C)CC1. The Morgan fingerprint density at radius 3 is 1.64 bits per heavy atom. The van der Waals surface area contributed by atoms with Crippen molar-refractivity contribution in [1.82, 2.24) is 40.1 Å². The number of ether oxygens (including phenoxy) is 3. The summed E-state index contributed by atoms with van der Waals surface area (Å²) >= 11 is 0. The van der Waals surface area contributed by atoms with E-state index in [-0.39, 0.29) is 73.3 Å². The van der Waals surface area contributed by atoms with Crippen LogP contribution in [0.3, 0.4) is 0 Å². The van der Waals surface area contributed by atoms with Crippen molar-refractivity contribution < 1.29 is 56.6 Å². The predicted molar refractivity (Wildman–Crippen MR) is 275 cm³/mol. The number of benzene rings is 1. The van der Waals surface area contributed by atoms with Gasteiger partial charge in [0.05, 0.1) is 56.4 Å². The highest BCUT2D eigenvalue weighted by Gasteiger charge is 2.47. The lowest BCUT2D eigenvalue weighted by Gasteiger charge is -2.34. The van der Waals surface area contributed by atoms with E-state index in [0.29, 0.717) is 101 Å². The van der Waals surface area contributed by atoms with E-state index in [1.54, 1.807) is 24.3 Å². The molecule has 3 aliphatic rings. The average molecular weight is 1050 g/mol. The number of nitrogens with one attached hydrogen (secondary N) is 3. The molecule has 2 saturated heterocycles. The van der Waals surface area contributed by atoms with Crippen molar-refractivity contribution in [2.24, 2.45) is 11.8 Å². The zero-order valence-electron chi connectivity index (χ0n) is 45.2. The van der Waals surface area contributed by atoms with Gasteiger partial charge in [0.2, 0.25) is 17.7 Å². The number of hydrogen-bond acceptors (Lipinski definition) is 16. The van der Waals surface area contributed by atoms with Crippen LogP contribution in [-0.4, -0.2) is 198 Å². The number of carbonyl (C=O) groups excluding carboxylic acids is 7. The molecule has 3 heterocycles. The minimum absolute atomic E-state index is 0.00851. The monoisotopic (exact) mass is 1050 g/mol. The van der Waals surface area contributed by atoms with Crippen LogP contribution in [0.25, 0.3) is 10.9 Å². The number of anilines is 1. The number of fused-ring (bicyclic) bond motifs is 1. The number of carbonyl (C=O) groups is 7. The lowest BCUT2D eigenvalue weighted by Crippen LogP contribution is -2.50. The summed E-state index contributed by atoms with van der Waals surface area (Å²) in [7, 11) is 0. The molecule has 414 valence electrons. The third-order valence-corrected chi connectivity index (χ3v) is 12.8. The number of hydrogen-bond donors (Lipinski definition) is 3. The summed E-state index contributed by atoms with van der Waals surface area (Å²) in [5.41, 5.74) is -1.01. The Morgan fingerprint density at radius 1 is 0.693 bits per heavy atom. The van der Waals surface area contributed by atoms with Crippen LogP contribution in [0.1, 0.15) is 105 Å². The molecule has 2 aromatic rings. The average Bonchev–Trinajstić information content (AvgIpc) is 3.63. The first-order chi connectivity index (χ1) is 35.0. The van der Waals surface area contributed by atoms with Gasteiger partial charge in [-0.1, -0.05) is 0 Å². The van der Waals surface area contributed by atoms with E-state index >= 15 is 0 Å². The van der Waals surface area contributed by atoms with E-state index in [4.69, 9.17) is 14.2 Å². The molecule has 3 fully saturated rings. The van der Waals surface area contributed by atoms with Crippen molar-refractivity contribution >= 4 is 58.1 Å². The highest BCUT2D eigenvalue weighted by molar-refractivity contribution is 6.08. The predicted octanol–water partition coefficient (Wildman–Crippen LogP) is 3.83. The highest BCUT2D eigenvalue weighted by atomic mass is 19.3. The van der Waals surface area contributed by atoms with Gasteiger partial charge >= 0.3 is 17.9 Å². The van der Waals surface area contributed by atoms with E-state index < -0.39 is 60.1 Å². The topological polar surface area (TPSA) is 236 Å². The molecule has 0 spiro atoms. The number of esters is 3. The summed E-state index contributed by atoms with van der Waals surface area (Å²) in [6.45, 7) is 18.6. The largest absolute Gasteiger partial charge is 0.459 e. The summed E-state index contributed by atoms with van der Waals surface area (Å²) in [5, 5.41) is 18.2. The maximum atomic E-state index is 13.9. The molecule has 4 amide bonds. The minimum Gasteiger partial charge on any atom is -0.459 e. The molecule has 1 atom stereocenters. The molecule has 0 radical (unpaired) electrons. The van der Waals surface area contributed by atoms with Crippen LogP contribution in [0.5, 0.6) is 0 Å². The Hall–Kier alpha value is -5.89. The van der Waals surface area contributed by atoms with Gasteiger partial charge in [-0.15, -0.1) is 0 Å². The van der Waals surface area contributed by atoms with Crippen LogP contribution in [0, 0.1) is 23.2 Å². The van der Waals surface area contributed by atoms with Crippen LogP contribution in [0.4, 0.5) is 14.5 Å². The van der Waals surface area contributed by atoms with Gasteiger partial charge in [0.15, 0.2) is 0 Å². The van der Waals surface area contributed by atoms with Gasteiger partial charge in [0, 0.05) is 88.5 Å². The second-order valence-electron chi connectivity index (χ2n) is 22.9. The van der Waals surface area contributed by atoms with E-state index in [1.807, 2.05) is 81.9 Å². The fourth-order valence-corrected chi connectivity index (χ4v) is 9.24. The van der Waals surface area contributed by atoms with Crippen LogP contribution in [-0.2, 0) is 43.0 Å². The molecule has 75 heavy (non-hydrogen) atoms. The van der Waals surface area contributed by atoms with Crippen LogP contribution < -0.4 is 16.0 Å². The number of likely N-dealkylation sites (tertiary alicyclic amines) is 1. The van der Waals surface area contributed by atoms with Crippen molar-refractivity contribution in [1.29, 1.82) is 5.26 Å². The number of amides is 4. The smallest absolute Gasteiger partial charge is 0.320 e. The number of nitriles is 1. The van der Waals surface area contributed by atoms with Gasteiger partial charge < -0.3 is 35.1 Å². The van der Waals surface area contributed by atoms with E-state index in [0.717, 1.165) is 4.90 Å². The third kappa shape index (κ3) is 20.6. The van der Waals surface area contributed by atoms with Crippen molar-refractivity contribution in [3.8, 4) is 6.07 Å². The maximum absolute atomic E-state index is 13.9. The zero-order chi connectivity index (χ0) is 55.3. The Bertz CT molecular complexity index is 2340. The standard InChI is InChI=1S/C53H78F2N10O10/c1-50(2,3)73-45(68)32-62-20-18-61(19-21-63(33-46(69)74-51(4,5)6)23-25-64(24-22-62)34-47(70)75-52(7,8)9)31-43(66)58-29-36-10-12-37(13-11-36)48(71)60-38-14-15-42-41(26-38)40(16-17-57-42)49(72)59-30-44(67)65-35-53(54,55)27-39(65)28-56/h14-17,26,36-37,39H,10-13,18-25,27,29-35H2,1-9H3,(H,58,66)(H,59,72)(H,60,71)/t36-,37-,39-/m0/s1. The van der Waals surface area contributed by atoms with Crippen LogP contribution in [0.15, 0.2) is 30.5 Å². The Kier molecular flexibility index (Phi) is 21.0. The second kappa shape index (κ2) is 26.2. The molecule has 0 bridgehead atoms. The Labute approximate surface area is 439 Å². The van der Waals surface area contributed by atoms with Crippen molar-refractivity contribution in [3.05, 3.63) is 36.0 Å². The van der Waals surface area contributed by atoms with Gasteiger partial charge in [0.25, 0.3) is 11.8 Å². The number of nitrogens with zero attached hydrogens (tertiary/aromatic N) is 7. The lowest BCUT2D eigenvalue weighted by atomic mass is 9.81. The first-order valence-electron chi connectivity index (χ1n) is 25.9. The molecule has 0 unspecified atom stereocenters. The maximum Gasteiger partial charge on any atom is 0.320 e. The van der Waals surface area contributed by atoms with Crippen LogP contribution in [0.2, 0.25) is 0 Å². The van der Waals surface area contributed by atoms with Gasteiger partial charge in [0.1, 0.15) is 22.8 Å². The number of alkyl halides is 2. The molecule has 1 aromatic heterocycles. The number of aromatic nitrogens is 1. The van der Waals surface area contributed by atoms with Gasteiger partial charge in [-0.3, -0.25) is 58.1 Å². The van der Waals surface area contributed by atoms with Gasteiger partial charge in [-0.05, 0) is 118 Å². The number of halogens is 2. The fraction of sp³-hybridized carbons (Fsp3) is 0.679.